The van der Waals surface area contributed by atoms with Gasteiger partial charge in [-0.15, -0.1) is 11.8 Å². The van der Waals surface area contributed by atoms with Crippen molar-refractivity contribution in [3.05, 3.63) is 49.9 Å². The number of aromatic nitrogens is 2. The highest BCUT2D eigenvalue weighted by Gasteiger charge is 2.20. The summed E-state index contributed by atoms with van der Waals surface area (Å²) in [6.07, 6.45) is 2.07. The summed E-state index contributed by atoms with van der Waals surface area (Å²) in [6.45, 7) is 9.35. The molecule has 0 saturated carbocycles. The van der Waals surface area contributed by atoms with Crippen LogP contribution in [0.2, 0.25) is 10.0 Å². The molecule has 0 aliphatic carbocycles. The first-order valence-electron chi connectivity index (χ1n) is 9.73. The summed E-state index contributed by atoms with van der Waals surface area (Å²) >= 11 is 14.1. The van der Waals surface area contributed by atoms with Gasteiger partial charge < -0.3 is 14.2 Å². The number of thioether (sulfide) groups is 1. The Morgan fingerprint density at radius 2 is 1.97 bits per heavy atom. The van der Waals surface area contributed by atoms with Crippen molar-refractivity contribution in [2.75, 3.05) is 25.6 Å². The third-order valence-corrected chi connectivity index (χ3v) is 6.24. The van der Waals surface area contributed by atoms with Gasteiger partial charge in [0.25, 0.3) is 5.56 Å². The Morgan fingerprint density at radius 1 is 1.27 bits per heavy atom. The lowest BCUT2D eigenvalue weighted by Crippen LogP contribution is -2.36. The number of rotatable bonds is 7. The normalized spacial score (nSPS) is 15.0. The molecule has 164 valence electrons. The monoisotopic (exact) mass is 472 g/mol. The molecule has 0 N–H and O–H groups in total. The number of ether oxygens (including phenoxy) is 3. The molecular weight excluding hydrogens is 447 g/mol. The quantitative estimate of drug-likeness (QED) is 0.429. The van der Waals surface area contributed by atoms with Crippen molar-refractivity contribution < 1.29 is 14.2 Å². The maximum absolute atomic E-state index is 12.4. The first-order chi connectivity index (χ1) is 14.2. The zero-order valence-corrected chi connectivity index (χ0v) is 19.9. The van der Waals surface area contributed by atoms with E-state index in [2.05, 4.69) is 5.10 Å². The van der Waals surface area contributed by atoms with E-state index < -0.39 is 5.54 Å². The van der Waals surface area contributed by atoms with Crippen molar-refractivity contribution in [2.24, 2.45) is 0 Å². The number of halogens is 2. The van der Waals surface area contributed by atoms with E-state index in [0.29, 0.717) is 47.7 Å². The molecule has 0 spiro atoms. The summed E-state index contributed by atoms with van der Waals surface area (Å²) in [5.41, 5.74) is 1.28. The van der Waals surface area contributed by atoms with E-state index in [4.69, 9.17) is 37.4 Å². The first-order valence-corrected chi connectivity index (χ1v) is 11.5. The van der Waals surface area contributed by atoms with Crippen LogP contribution in [0.25, 0.3) is 0 Å². The van der Waals surface area contributed by atoms with E-state index in [1.807, 2.05) is 39.8 Å². The molecule has 0 amide bonds. The molecule has 0 bridgehead atoms. The second-order valence-corrected chi connectivity index (χ2v) is 9.93. The topological polar surface area (TPSA) is 62.6 Å². The molecule has 1 aliphatic rings. The van der Waals surface area contributed by atoms with Gasteiger partial charge in [-0.1, -0.05) is 29.3 Å². The summed E-state index contributed by atoms with van der Waals surface area (Å²) in [6, 6.07) is 3.92. The molecule has 2 aromatic rings. The van der Waals surface area contributed by atoms with E-state index >= 15 is 0 Å². The molecule has 1 saturated heterocycles. The van der Waals surface area contributed by atoms with Gasteiger partial charge in [-0.2, -0.15) is 5.10 Å². The van der Waals surface area contributed by atoms with E-state index in [0.717, 1.165) is 11.1 Å². The lowest BCUT2D eigenvalue weighted by Gasteiger charge is -2.21. The largest absolute Gasteiger partial charge is 0.491 e. The average molecular weight is 473 g/mol. The van der Waals surface area contributed by atoms with E-state index in [-0.39, 0.29) is 16.9 Å². The zero-order valence-electron chi connectivity index (χ0n) is 17.5. The zero-order chi connectivity index (χ0) is 21.9. The molecule has 1 aromatic heterocycles. The first kappa shape index (κ1) is 23.4. The molecule has 0 unspecified atom stereocenters. The predicted octanol–water partition coefficient (Wildman–Crippen LogP) is 4.70. The second-order valence-electron chi connectivity index (χ2n) is 8.01. The van der Waals surface area contributed by atoms with Gasteiger partial charge in [0, 0.05) is 12.2 Å². The maximum Gasteiger partial charge on any atom is 0.287 e. The molecule has 9 heteroatoms. The predicted molar refractivity (Wildman–Crippen MR) is 120 cm³/mol. The van der Waals surface area contributed by atoms with Crippen molar-refractivity contribution in [1.82, 2.24) is 9.78 Å². The number of hydrogen-bond donors (Lipinski definition) is 0. The number of aryl methyl sites for hydroxylation is 1. The summed E-state index contributed by atoms with van der Waals surface area (Å²) in [4.78, 5) is 13.1. The van der Waals surface area contributed by atoms with Crippen molar-refractivity contribution in [2.45, 2.75) is 50.8 Å². The Morgan fingerprint density at radius 3 is 2.60 bits per heavy atom. The van der Waals surface area contributed by atoms with Gasteiger partial charge in [-0.3, -0.25) is 4.79 Å². The van der Waals surface area contributed by atoms with Gasteiger partial charge in [-0.25, -0.2) is 4.68 Å². The molecular formula is C21H26Cl2N2O4S. The highest BCUT2D eigenvalue weighted by molar-refractivity contribution is 7.99. The minimum absolute atomic E-state index is 0.180. The minimum atomic E-state index is -0.427. The third kappa shape index (κ3) is 5.71. The molecule has 30 heavy (non-hydrogen) atoms. The highest BCUT2D eigenvalue weighted by Crippen LogP contribution is 2.32. The molecule has 2 heterocycles. The fourth-order valence-corrected chi connectivity index (χ4v) is 4.47. The molecule has 1 aliphatic heterocycles. The smallest absolute Gasteiger partial charge is 0.287 e. The van der Waals surface area contributed by atoms with Crippen molar-refractivity contribution in [1.29, 1.82) is 0 Å². The Hall–Kier alpha value is -1.25. The standard InChI is InChI=1S/C21H26Cl2N2O4S/c1-13-9-14(11-17-27-5-6-28-17)10-15(22)19(13)29-7-8-30-16-12-24-25(21(2,3)4)20(26)18(16)23/h9-10,12,17H,5-8,11H2,1-4H3. The molecule has 1 fully saturated rings. The van der Waals surface area contributed by atoms with E-state index in [1.54, 1.807) is 6.20 Å². The van der Waals surface area contributed by atoms with Gasteiger partial charge in [0.15, 0.2) is 6.29 Å². The maximum atomic E-state index is 12.4. The lowest BCUT2D eigenvalue weighted by molar-refractivity contribution is -0.0400. The van der Waals surface area contributed by atoms with Crippen LogP contribution in [0.1, 0.15) is 31.9 Å². The minimum Gasteiger partial charge on any atom is -0.491 e. The lowest BCUT2D eigenvalue weighted by atomic mass is 10.1. The van der Waals surface area contributed by atoms with Gasteiger partial charge in [0.1, 0.15) is 10.8 Å². The average Bonchev–Trinajstić information content (AvgIpc) is 3.15. The highest BCUT2D eigenvalue weighted by atomic mass is 35.5. The van der Waals surface area contributed by atoms with Crippen molar-refractivity contribution in [3.63, 3.8) is 0 Å². The van der Waals surface area contributed by atoms with Crippen LogP contribution in [-0.2, 0) is 21.4 Å². The second kappa shape index (κ2) is 9.92. The molecule has 6 nitrogen and oxygen atoms in total. The number of benzene rings is 1. The van der Waals surface area contributed by atoms with Crippen LogP contribution in [0, 0.1) is 6.92 Å². The summed E-state index contributed by atoms with van der Waals surface area (Å²) < 4.78 is 18.3. The summed E-state index contributed by atoms with van der Waals surface area (Å²) in [7, 11) is 0. The van der Waals surface area contributed by atoms with E-state index in [9.17, 15) is 4.79 Å². The van der Waals surface area contributed by atoms with Crippen LogP contribution < -0.4 is 10.3 Å². The van der Waals surface area contributed by atoms with Gasteiger partial charge >= 0.3 is 0 Å². The Balaban J connectivity index is 1.58. The van der Waals surface area contributed by atoms with Gasteiger partial charge in [-0.05, 0) is 44.9 Å². The molecule has 1 aromatic carbocycles. The number of nitrogens with zero attached hydrogens (tertiary/aromatic N) is 2. The Bertz CT molecular complexity index is 930. The molecule has 3 rings (SSSR count). The summed E-state index contributed by atoms with van der Waals surface area (Å²) in [5.74, 6) is 1.25. The van der Waals surface area contributed by atoms with Crippen LogP contribution in [0.3, 0.4) is 0 Å². The van der Waals surface area contributed by atoms with Gasteiger partial charge in [0.2, 0.25) is 0 Å². The summed E-state index contributed by atoms with van der Waals surface area (Å²) in [5, 5.41) is 4.98. The van der Waals surface area contributed by atoms with Crippen molar-refractivity contribution in [3.8, 4) is 5.75 Å². The van der Waals surface area contributed by atoms with Crippen LogP contribution in [0.4, 0.5) is 0 Å². The Labute approximate surface area is 190 Å². The van der Waals surface area contributed by atoms with Crippen LogP contribution in [0.15, 0.2) is 28.0 Å². The Kier molecular flexibility index (Phi) is 7.74. The van der Waals surface area contributed by atoms with Crippen molar-refractivity contribution >= 4 is 35.0 Å². The van der Waals surface area contributed by atoms with Crippen LogP contribution in [0.5, 0.6) is 5.75 Å². The van der Waals surface area contributed by atoms with Gasteiger partial charge in [0.05, 0.1) is 41.5 Å². The number of hydrogen-bond acceptors (Lipinski definition) is 6. The SMILES string of the molecule is Cc1cc(CC2OCCO2)cc(Cl)c1OCCSc1cnn(C(C)(C)C)c(=O)c1Cl. The van der Waals surface area contributed by atoms with E-state index in [1.165, 1.54) is 16.4 Å². The fraction of sp³-hybridized carbons (Fsp3) is 0.524. The third-order valence-electron chi connectivity index (χ3n) is 4.49. The fourth-order valence-electron chi connectivity index (χ4n) is 3.11. The van der Waals surface area contributed by atoms with Crippen LogP contribution >= 0.6 is 35.0 Å². The molecule has 0 atom stereocenters. The molecule has 0 radical (unpaired) electrons. The van der Waals surface area contributed by atoms with Crippen LogP contribution in [-0.4, -0.2) is 41.6 Å².